The monoisotopic (exact) mass is 501 g/mol. The van der Waals surface area contributed by atoms with Crippen molar-refractivity contribution in [3.05, 3.63) is 71.2 Å². The third kappa shape index (κ3) is 3.85. The van der Waals surface area contributed by atoms with Crippen LogP contribution in [0, 0.1) is 6.92 Å². The maximum atomic E-state index is 13.4. The zero-order chi connectivity index (χ0) is 24.8. The normalized spacial score (nSPS) is 17.3. The van der Waals surface area contributed by atoms with Crippen molar-refractivity contribution in [1.82, 2.24) is 15.4 Å². The maximum Gasteiger partial charge on any atom is 0.331 e. The SMILES string of the molecule is Cc1cc(Oc2ccccc2)ccc1N1C(=O)Nc2c(C(=O)NN3CCC[C@@H]3O)sc3nccc1c23. The first-order valence-corrected chi connectivity index (χ1v) is 12.4. The van der Waals surface area contributed by atoms with Gasteiger partial charge in [0.05, 0.1) is 22.4 Å². The van der Waals surface area contributed by atoms with Crippen molar-refractivity contribution in [2.75, 3.05) is 16.8 Å². The molecular weight excluding hydrogens is 478 g/mol. The summed E-state index contributed by atoms with van der Waals surface area (Å²) in [6.07, 6.45) is 2.32. The van der Waals surface area contributed by atoms with Crippen LogP contribution in [0.5, 0.6) is 11.5 Å². The molecule has 0 saturated carbocycles. The molecule has 36 heavy (non-hydrogen) atoms. The zero-order valence-corrected chi connectivity index (χ0v) is 20.2. The minimum absolute atomic E-state index is 0.348. The molecule has 1 saturated heterocycles. The number of benzene rings is 2. The molecule has 6 rings (SSSR count). The number of ether oxygens (including phenoxy) is 1. The highest BCUT2D eigenvalue weighted by Crippen LogP contribution is 2.46. The molecule has 4 aromatic rings. The lowest BCUT2D eigenvalue weighted by Gasteiger charge is -2.29. The number of hydrogen-bond acceptors (Lipinski definition) is 7. The molecule has 4 heterocycles. The van der Waals surface area contributed by atoms with Crippen LogP contribution in [0.1, 0.15) is 28.1 Å². The number of thiophene rings is 1. The molecule has 2 aromatic carbocycles. The van der Waals surface area contributed by atoms with Gasteiger partial charge < -0.3 is 15.2 Å². The first-order chi connectivity index (χ1) is 17.5. The van der Waals surface area contributed by atoms with Crippen molar-refractivity contribution in [3.63, 3.8) is 0 Å². The average Bonchev–Trinajstić information content (AvgIpc) is 3.45. The summed E-state index contributed by atoms with van der Waals surface area (Å²) in [5, 5.41) is 15.2. The summed E-state index contributed by atoms with van der Waals surface area (Å²) in [6.45, 7) is 2.49. The number of nitrogens with zero attached hydrogens (tertiary/aromatic N) is 3. The largest absolute Gasteiger partial charge is 0.457 e. The molecule has 1 fully saturated rings. The van der Waals surface area contributed by atoms with Crippen LogP contribution in [0.15, 0.2) is 60.8 Å². The molecule has 0 aliphatic carbocycles. The third-order valence-electron chi connectivity index (χ3n) is 6.31. The molecule has 9 nitrogen and oxygen atoms in total. The number of para-hydroxylation sites is 1. The lowest BCUT2D eigenvalue weighted by molar-refractivity contribution is 0.00390. The standard InChI is InChI=1S/C26H23N5O4S/c1-15-14-17(35-16-6-3-2-4-7-16)9-10-18(15)31-19-11-12-27-25-21(19)22(28-26(31)34)23(36-25)24(33)29-30-13-5-8-20(30)32/h2-4,6-7,9-12,14,20,32H,5,8,13H2,1H3,(H,28,34)(H,29,33)/t20-/m0/s1. The van der Waals surface area contributed by atoms with E-state index in [-0.39, 0.29) is 11.9 Å². The second-order valence-electron chi connectivity index (χ2n) is 8.70. The molecule has 2 aliphatic heterocycles. The minimum Gasteiger partial charge on any atom is -0.457 e. The van der Waals surface area contributed by atoms with E-state index in [2.05, 4.69) is 15.7 Å². The van der Waals surface area contributed by atoms with Gasteiger partial charge in [0.25, 0.3) is 5.91 Å². The van der Waals surface area contributed by atoms with E-state index in [0.29, 0.717) is 50.9 Å². The Bertz CT molecular complexity index is 1490. The average molecular weight is 502 g/mol. The second kappa shape index (κ2) is 8.90. The summed E-state index contributed by atoms with van der Waals surface area (Å²) in [6, 6.07) is 16.5. The molecule has 0 unspecified atom stereocenters. The molecule has 2 aliphatic rings. The van der Waals surface area contributed by atoms with Crippen LogP contribution in [0.25, 0.3) is 10.2 Å². The van der Waals surface area contributed by atoms with E-state index in [1.807, 2.05) is 55.5 Å². The van der Waals surface area contributed by atoms with E-state index in [1.165, 1.54) is 16.3 Å². The van der Waals surface area contributed by atoms with Crippen molar-refractivity contribution < 1.29 is 19.4 Å². The fourth-order valence-electron chi connectivity index (χ4n) is 4.61. The Morgan fingerprint density at radius 3 is 2.75 bits per heavy atom. The van der Waals surface area contributed by atoms with Gasteiger partial charge in [-0.05, 0) is 61.7 Å². The van der Waals surface area contributed by atoms with E-state index >= 15 is 0 Å². The van der Waals surface area contributed by atoms with Crippen LogP contribution in [0.4, 0.5) is 21.9 Å². The number of hydrogen-bond donors (Lipinski definition) is 3. The quantitative estimate of drug-likeness (QED) is 0.350. The van der Waals surface area contributed by atoms with Crippen molar-refractivity contribution in [2.24, 2.45) is 0 Å². The zero-order valence-electron chi connectivity index (χ0n) is 19.4. The van der Waals surface area contributed by atoms with Gasteiger partial charge >= 0.3 is 6.03 Å². The number of carbonyl (C=O) groups is 2. The van der Waals surface area contributed by atoms with Gasteiger partial charge in [-0.2, -0.15) is 5.01 Å². The Morgan fingerprint density at radius 2 is 2.00 bits per heavy atom. The van der Waals surface area contributed by atoms with E-state index < -0.39 is 6.23 Å². The lowest BCUT2D eigenvalue weighted by Crippen LogP contribution is -2.45. The number of carbonyl (C=O) groups excluding carboxylic acids is 2. The molecular formula is C26H23N5O4S. The van der Waals surface area contributed by atoms with E-state index in [4.69, 9.17) is 4.74 Å². The van der Waals surface area contributed by atoms with Gasteiger partial charge in [-0.25, -0.2) is 9.78 Å². The number of hydrazine groups is 1. The van der Waals surface area contributed by atoms with Gasteiger partial charge in [-0.1, -0.05) is 18.2 Å². The van der Waals surface area contributed by atoms with Gasteiger partial charge in [0, 0.05) is 12.7 Å². The summed E-state index contributed by atoms with van der Waals surface area (Å²) < 4.78 is 5.94. The highest BCUT2D eigenvalue weighted by molar-refractivity contribution is 7.21. The van der Waals surface area contributed by atoms with E-state index in [0.717, 1.165) is 17.7 Å². The summed E-state index contributed by atoms with van der Waals surface area (Å²) in [7, 11) is 0. The van der Waals surface area contributed by atoms with E-state index in [1.54, 1.807) is 17.2 Å². The molecule has 0 spiro atoms. The molecule has 0 bridgehead atoms. The Balaban J connectivity index is 1.35. The number of aliphatic hydroxyl groups excluding tert-OH is 1. The number of amides is 3. The summed E-state index contributed by atoms with van der Waals surface area (Å²) in [4.78, 5) is 33.5. The molecule has 182 valence electrons. The first kappa shape index (κ1) is 22.5. The van der Waals surface area contributed by atoms with Crippen LogP contribution in [-0.2, 0) is 0 Å². The maximum absolute atomic E-state index is 13.4. The smallest absolute Gasteiger partial charge is 0.331 e. The fourth-order valence-corrected chi connectivity index (χ4v) is 5.62. The van der Waals surface area contributed by atoms with Gasteiger partial charge in [-0.15, -0.1) is 11.3 Å². The van der Waals surface area contributed by atoms with Crippen LogP contribution < -0.4 is 20.4 Å². The highest BCUT2D eigenvalue weighted by atomic mass is 32.1. The van der Waals surface area contributed by atoms with Crippen molar-refractivity contribution in [2.45, 2.75) is 26.0 Å². The first-order valence-electron chi connectivity index (χ1n) is 11.6. The third-order valence-corrected chi connectivity index (χ3v) is 7.40. The number of anilines is 3. The van der Waals surface area contributed by atoms with Crippen LogP contribution in [0.2, 0.25) is 0 Å². The molecule has 0 radical (unpaired) electrons. The predicted molar refractivity (Wildman–Crippen MR) is 138 cm³/mol. The molecule has 2 aromatic heterocycles. The Labute approximate surface area is 210 Å². The van der Waals surface area contributed by atoms with Crippen LogP contribution in [-0.4, -0.2) is 39.8 Å². The van der Waals surface area contributed by atoms with Crippen molar-refractivity contribution >= 4 is 50.6 Å². The highest BCUT2D eigenvalue weighted by Gasteiger charge is 2.34. The van der Waals surface area contributed by atoms with E-state index in [9.17, 15) is 14.7 Å². The van der Waals surface area contributed by atoms with Crippen LogP contribution in [0.3, 0.4) is 0 Å². The molecule has 10 heteroatoms. The topological polar surface area (TPSA) is 107 Å². The number of aliphatic hydroxyl groups is 1. The number of nitrogens with one attached hydrogen (secondary N) is 2. The van der Waals surface area contributed by atoms with Crippen molar-refractivity contribution in [1.29, 1.82) is 0 Å². The summed E-state index contributed by atoms with van der Waals surface area (Å²) >= 11 is 1.21. The number of rotatable bonds is 5. The van der Waals surface area contributed by atoms with Crippen molar-refractivity contribution in [3.8, 4) is 11.5 Å². The lowest BCUT2D eigenvalue weighted by atomic mass is 10.1. The molecule has 1 atom stereocenters. The number of aromatic nitrogens is 1. The van der Waals surface area contributed by atoms with Gasteiger partial charge in [0.2, 0.25) is 0 Å². The summed E-state index contributed by atoms with van der Waals surface area (Å²) in [5.74, 6) is 1.01. The minimum atomic E-state index is -0.713. The van der Waals surface area contributed by atoms with Gasteiger partial charge in [0.15, 0.2) is 0 Å². The second-order valence-corrected chi connectivity index (χ2v) is 9.70. The number of urea groups is 1. The van der Waals surface area contributed by atoms with Gasteiger partial charge in [0.1, 0.15) is 27.4 Å². The number of aryl methyl sites for hydroxylation is 1. The Kier molecular flexibility index (Phi) is 5.56. The van der Waals surface area contributed by atoms with Gasteiger partial charge in [-0.3, -0.25) is 15.1 Å². The molecule has 3 N–H and O–H groups in total. The predicted octanol–water partition coefficient (Wildman–Crippen LogP) is 5.14. The molecule has 3 amide bonds. The fraction of sp³-hybridized carbons (Fsp3) is 0.192. The Morgan fingerprint density at radius 1 is 1.17 bits per heavy atom. The number of pyridine rings is 1. The Hall–Kier alpha value is -3.99. The van der Waals surface area contributed by atoms with Crippen LogP contribution >= 0.6 is 11.3 Å². The summed E-state index contributed by atoms with van der Waals surface area (Å²) in [5.41, 5.74) is 5.40.